The highest BCUT2D eigenvalue weighted by atomic mass is 32.2. The lowest BCUT2D eigenvalue weighted by atomic mass is 10.1. The summed E-state index contributed by atoms with van der Waals surface area (Å²) in [4.78, 5) is 33.7. The molecule has 8 heteroatoms. The maximum atomic E-state index is 12.2. The van der Waals surface area contributed by atoms with E-state index in [4.69, 9.17) is 0 Å². The fourth-order valence-corrected chi connectivity index (χ4v) is 4.70. The average Bonchev–Trinajstić information content (AvgIpc) is 2.91. The number of ketones is 1. The summed E-state index contributed by atoms with van der Waals surface area (Å²) in [6.45, 7) is 1.97. The number of carbonyl (C=O) groups is 2. The highest BCUT2D eigenvalue weighted by Gasteiger charge is 2.27. The van der Waals surface area contributed by atoms with Crippen LogP contribution < -0.4 is 0 Å². The molecule has 0 bridgehead atoms. The number of nitrogens with zero attached hydrogens (tertiary/aromatic N) is 1. The molecule has 0 aliphatic carbocycles. The molecule has 1 N–H and O–H groups in total. The number of hydrogen-bond acceptors (Lipinski definition) is 6. The van der Waals surface area contributed by atoms with Crippen LogP contribution in [0.4, 0.5) is 5.69 Å². The van der Waals surface area contributed by atoms with E-state index in [-0.39, 0.29) is 16.5 Å². The Bertz CT molecular complexity index is 726. The second-order valence-corrected chi connectivity index (χ2v) is 7.49. The fraction of sp³-hybridized carbons (Fsp3) is 0.200. The first-order valence-electron chi connectivity index (χ1n) is 6.62. The van der Waals surface area contributed by atoms with E-state index < -0.39 is 16.7 Å². The summed E-state index contributed by atoms with van der Waals surface area (Å²) in [6, 6.07) is 5.77. The number of allylic oxidation sites excluding steroid dienone is 1. The number of aliphatic carboxylic acids is 1. The van der Waals surface area contributed by atoms with Crippen LogP contribution in [0.25, 0.3) is 6.08 Å². The lowest BCUT2D eigenvalue weighted by molar-refractivity contribution is -0.384. The van der Waals surface area contributed by atoms with Crippen LogP contribution in [-0.2, 0) is 9.59 Å². The molecule has 1 heterocycles. The van der Waals surface area contributed by atoms with Crippen molar-refractivity contribution >= 4 is 47.0 Å². The van der Waals surface area contributed by atoms with Crippen LogP contribution in [0.5, 0.6) is 0 Å². The summed E-state index contributed by atoms with van der Waals surface area (Å²) in [7, 11) is 0. The van der Waals surface area contributed by atoms with Crippen LogP contribution in [0.1, 0.15) is 12.5 Å². The first-order valence-corrected chi connectivity index (χ1v) is 8.49. The molecular formula is C15H13NO5S2. The third-order valence-electron chi connectivity index (χ3n) is 2.93. The highest BCUT2D eigenvalue weighted by Crippen LogP contribution is 2.43. The number of thioether (sulfide) groups is 2. The number of benzene rings is 1. The largest absolute Gasteiger partial charge is 0.477 e. The zero-order chi connectivity index (χ0) is 17.0. The van der Waals surface area contributed by atoms with Crippen molar-refractivity contribution in [2.45, 2.75) is 12.2 Å². The Labute approximate surface area is 140 Å². The standard InChI is InChI=1S/C15H13NO5S2/c1-9-8-22-15(23-9)13(14(18)19)12(17)6-5-10-3-2-4-11(7-10)16(20)21/h2-7,9H,8H2,1H3,(H,18,19)/b6-5+,15-13+/t9-/m1/s1. The number of non-ortho nitro benzene ring substituents is 1. The second kappa shape index (κ2) is 7.47. The molecule has 1 aliphatic heterocycles. The molecule has 23 heavy (non-hydrogen) atoms. The summed E-state index contributed by atoms with van der Waals surface area (Å²) in [5, 5.41) is 20.3. The number of nitro groups is 1. The SMILES string of the molecule is C[C@@H]1CS/C(=C(\C(=O)O)C(=O)/C=C/c2cccc([N+](=O)[O-])c2)S1. The molecule has 1 atom stereocenters. The van der Waals surface area contributed by atoms with Gasteiger partial charge < -0.3 is 5.11 Å². The smallest absolute Gasteiger partial charge is 0.341 e. The molecule has 0 saturated carbocycles. The van der Waals surface area contributed by atoms with Gasteiger partial charge in [0.1, 0.15) is 5.57 Å². The molecule has 0 aromatic heterocycles. The Kier molecular flexibility index (Phi) is 5.62. The third kappa shape index (κ3) is 4.46. The second-order valence-electron chi connectivity index (χ2n) is 4.76. The summed E-state index contributed by atoms with van der Waals surface area (Å²) >= 11 is 2.74. The van der Waals surface area contributed by atoms with Crippen molar-refractivity contribution in [3.8, 4) is 0 Å². The molecule has 1 saturated heterocycles. The number of hydrogen-bond donors (Lipinski definition) is 1. The Morgan fingerprint density at radius 2 is 2.17 bits per heavy atom. The summed E-state index contributed by atoms with van der Waals surface area (Å²) in [5.74, 6) is -1.12. The van der Waals surface area contributed by atoms with Gasteiger partial charge in [-0.1, -0.05) is 25.1 Å². The van der Waals surface area contributed by atoms with Gasteiger partial charge in [-0.2, -0.15) is 0 Å². The lowest BCUT2D eigenvalue weighted by Crippen LogP contribution is -2.11. The minimum absolute atomic E-state index is 0.0906. The number of carboxylic acids is 1. The minimum atomic E-state index is -1.26. The van der Waals surface area contributed by atoms with Crippen molar-refractivity contribution in [2.24, 2.45) is 0 Å². The quantitative estimate of drug-likeness (QED) is 0.286. The van der Waals surface area contributed by atoms with Gasteiger partial charge in [0.2, 0.25) is 0 Å². The molecular weight excluding hydrogens is 338 g/mol. The maximum absolute atomic E-state index is 12.2. The van der Waals surface area contributed by atoms with Crippen LogP contribution in [0, 0.1) is 10.1 Å². The van der Waals surface area contributed by atoms with Gasteiger partial charge in [0.25, 0.3) is 5.69 Å². The van der Waals surface area contributed by atoms with Crippen molar-refractivity contribution in [2.75, 3.05) is 5.75 Å². The molecule has 6 nitrogen and oxygen atoms in total. The molecule has 0 unspecified atom stereocenters. The zero-order valence-corrected chi connectivity index (χ0v) is 13.7. The van der Waals surface area contributed by atoms with Gasteiger partial charge in [0.15, 0.2) is 5.78 Å². The van der Waals surface area contributed by atoms with E-state index in [2.05, 4.69) is 0 Å². The minimum Gasteiger partial charge on any atom is -0.477 e. The van der Waals surface area contributed by atoms with Crippen molar-refractivity contribution < 1.29 is 19.6 Å². The van der Waals surface area contributed by atoms with Crippen LogP contribution in [0.3, 0.4) is 0 Å². The first kappa shape index (κ1) is 17.3. The van der Waals surface area contributed by atoms with E-state index >= 15 is 0 Å². The molecule has 1 aliphatic rings. The Morgan fingerprint density at radius 1 is 1.43 bits per heavy atom. The van der Waals surface area contributed by atoms with Crippen molar-refractivity contribution in [3.05, 3.63) is 55.8 Å². The van der Waals surface area contributed by atoms with Gasteiger partial charge in [0.05, 0.1) is 9.16 Å². The van der Waals surface area contributed by atoms with Crippen LogP contribution in [-0.4, -0.2) is 32.8 Å². The molecule has 1 aromatic rings. The number of carbonyl (C=O) groups excluding carboxylic acids is 1. The third-order valence-corrected chi connectivity index (χ3v) is 5.90. The summed E-state index contributed by atoms with van der Waals surface area (Å²) in [5.41, 5.74) is 0.126. The average molecular weight is 351 g/mol. The first-order chi connectivity index (χ1) is 10.9. The normalized spacial score (nSPS) is 19.8. The molecule has 1 aromatic carbocycles. The molecule has 2 rings (SSSR count). The van der Waals surface area contributed by atoms with E-state index in [9.17, 15) is 24.8 Å². The Balaban J connectivity index is 2.24. The predicted octanol–water partition coefficient (Wildman–Crippen LogP) is 3.34. The molecule has 0 spiro atoms. The summed E-state index contributed by atoms with van der Waals surface area (Å²) in [6.07, 6.45) is 2.52. The number of nitro benzene ring substituents is 1. The van der Waals surface area contributed by atoms with Gasteiger partial charge in [-0.25, -0.2) is 4.79 Å². The predicted molar refractivity (Wildman–Crippen MR) is 91.3 cm³/mol. The fourth-order valence-electron chi connectivity index (χ4n) is 1.87. The molecule has 0 amide bonds. The van der Waals surface area contributed by atoms with Crippen molar-refractivity contribution in [3.63, 3.8) is 0 Å². The van der Waals surface area contributed by atoms with E-state index in [1.807, 2.05) is 6.92 Å². The highest BCUT2D eigenvalue weighted by molar-refractivity contribution is 8.25. The van der Waals surface area contributed by atoms with Crippen molar-refractivity contribution in [1.29, 1.82) is 0 Å². The zero-order valence-electron chi connectivity index (χ0n) is 12.1. The van der Waals surface area contributed by atoms with Crippen LogP contribution >= 0.6 is 23.5 Å². The number of rotatable bonds is 5. The maximum Gasteiger partial charge on any atom is 0.341 e. The van der Waals surface area contributed by atoms with Gasteiger partial charge in [-0.15, -0.1) is 23.5 Å². The monoisotopic (exact) mass is 351 g/mol. The van der Waals surface area contributed by atoms with E-state index in [0.29, 0.717) is 9.80 Å². The van der Waals surface area contributed by atoms with Gasteiger partial charge in [-0.3, -0.25) is 14.9 Å². The van der Waals surface area contributed by atoms with E-state index in [1.165, 1.54) is 47.8 Å². The van der Waals surface area contributed by atoms with E-state index in [0.717, 1.165) is 11.8 Å². The topological polar surface area (TPSA) is 97.5 Å². The van der Waals surface area contributed by atoms with E-state index in [1.54, 1.807) is 6.07 Å². The molecule has 1 fully saturated rings. The van der Waals surface area contributed by atoms with Crippen molar-refractivity contribution in [1.82, 2.24) is 0 Å². The Morgan fingerprint density at radius 3 is 2.74 bits per heavy atom. The summed E-state index contributed by atoms with van der Waals surface area (Å²) < 4.78 is 0.513. The van der Waals surface area contributed by atoms with Gasteiger partial charge in [-0.05, 0) is 11.6 Å². The lowest BCUT2D eigenvalue weighted by Gasteiger charge is -2.02. The number of carboxylic acid groups (broad SMARTS) is 1. The molecule has 120 valence electrons. The molecule has 0 radical (unpaired) electrons. The van der Waals surface area contributed by atoms with Gasteiger partial charge in [0, 0.05) is 23.1 Å². The van der Waals surface area contributed by atoms with Crippen LogP contribution in [0.15, 0.2) is 40.2 Å². The van der Waals surface area contributed by atoms with Gasteiger partial charge >= 0.3 is 5.97 Å². The Hall–Kier alpha value is -2.06. The van der Waals surface area contributed by atoms with Crippen LogP contribution in [0.2, 0.25) is 0 Å².